The molecule has 80 valence electrons. The summed E-state index contributed by atoms with van der Waals surface area (Å²) in [5, 5.41) is 8.72. The van der Waals surface area contributed by atoms with E-state index in [2.05, 4.69) is 20.2 Å². The molecule has 5 nitrogen and oxygen atoms in total. The molecule has 0 unspecified atom stereocenters. The molecule has 0 spiro atoms. The summed E-state index contributed by atoms with van der Waals surface area (Å²) in [4.78, 5) is 8.14. The third-order valence-electron chi connectivity index (χ3n) is 2.25. The van der Waals surface area contributed by atoms with Crippen LogP contribution in [0.4, 0.5) is 5.69 Å². The monoisotopic (exact) mass is 231 g/mol. The topological polar surface area (TPSA) is 83.4 Å². The van der Waals surface area contributed by atoms with Crippen LogP contribution in [0.25, 0.3) is 10.9 Å². The molecule has 4 N–H and O–H groups in total. The number of fused-ring (bicyclic) bond motifs is 1. The van der Waals surface area contributed by atoms with E-state index in [1.807, 2.05) is 12.1 Å². The van der Waals surface area contributed by atoms with Gasteiger partial charge in [0.15, 0.2) is 5.16 Å². The first-order valence-corrected chi connectivity index (χ1v) is 5.54. The van der Waals surface area contributed by atoms with E-state index >= 15 is 0 Å². The van der Waals surface area contributed by atoms with Gasteiger partial charge in [-0.05, 0) is 23.9 Å². The van der Waals surface area contributed by atoms with Crippen LogP contribution in [0.1, 0.15) is 0 Å². The molecule has 2 heterocycles. The number of nitrogens with one attached hydrogen (secondary N) is 2. The molecular weight excluding hydrogens is 222 g/mol. The number of rotatable bonds is 2. The third-order valence-corrected chi connectivity index (χ3v) is 3.24. The number of nitrogen functional groups attached to an aromatic ring is 1. The SMILES string of the molecule is Nc1cc2cn[nH]c2cc1Sc1ncc[nH]1. The molecule has 0 aliphatic rings. The average Bonchev–Trinajstić information content (AvgIpc) is 2.89. The maximum Gasteiger partial charge on any atom is 0.170 e. The van der Waals surface area contributed by atoms with Gasteiger partial charge in [0.1, 0.15) is 0 Å². The van der Waals surface area contributed by atoms with Gasteiger partial charge in [0.2, 0.25) is 0 Å². The van der Waals surface area contributed by atoms with Gasteiger partial charge in [0.05, 0.1) is 11.7 Å². The second-order valence-electron chi connectivity index (χ2n) is 3.34. The van der Waals surface area contributed by atoms with E-state index in [0.29, 0.717) is 0 Å². The van der Waals surface area contributed by atoms with Crippen molar-refractivity contribution in [1.82, 2.24) is 20.2 Å². The number of anilines is 1. The zero-order valence-corrected chi connectivity index (χ0v) is 9.08. The summed E-state index contributed by atoms with van der Waals surface area (Å²) < 4.78 is 0. The van der Waals surface area contributed by atoms with Crippen LogP contribution in [0, 0.1) is 0 Å². The lowest BCUT2D eigenvalue weighted by molar-refractivity contribution is 1.06. The molecule has 0 saturated heterocycles. The molecule has 0 bridgehead atoms. The highest BCUT2D eigenvalue weighted by atomic mass is 32.2. The minimum atomic E-state index is 0.732. The van der Waals surface area contributed by atoms with E-state index in [1.54, 1.807) is 18.6 Å². The van der Waals surface area contributed by atoms with Crippen LogP contribution in [0.15, 0.2) is 40.8 Å². The highest BCUT2D eigenvalue weighted by Crippen LogP contribution is 2.32. The van der Waals surface area contributed by atoms with Crippen LogP contribution in [0.2, 0.25) is 0 Å². The summed E-state index contributed by atoms with van der Waals surface area (Å²) in [5.41, 5.74) is 7.67. The average molecular weight is 231 g/mol. The van der Waals surface area contributed by atoms with Gasteiger partial charge in [-0.1, -0.05) is 0 Å². The number of imidazole rings is 1. The molecule has 0 aliphatic heterocycles. The standard InChI is InChI=1S/C10H9N5S/c11-7-3-6-5-14-15-8(6)4-9(7)16-10-12-1-2-13-10/h1-5H,11H2,(H,12,13)(H,14,15). The first-order chi connectivity index (χ1) is 7.83. The van der Waals surface area contributed by atoms with Crippen molar-refractivity contribution < 1.29 is 0 Å². The minimum absolute atomic E-state index is 0.732. The van der Waals surface area contributed by atoms with Crippen LogP contribution in [0.3, 0.4) is 0 Å². The number of H-pyrrole nitrogens is 2. The van der Waals surface area contributed by atoms with Crippen molar-refractivity contribution in [3.63, 3.8) is 0 Å². The van der Waals surface area contributed by atoms with E-state index in [-0.39, 0.29) is 0 Å². The van der Waals surface area contributed by atoms with Crippen LogP contribution >= 0.6 is 11.8 Å². The largest absolute Gasteiger partial charge is 0.398 e. The Morgan fingerprint density at radius 1 is 1.31 bits per heavy atom. The van der Waals surface area contributed by atoms with Gasteiger partial charge in [-0.15, -0.1) is 0 Å². The Morgan fingerprint density at radius 3 is 3.06 bits per heavy atom. The maximum atomic E-state index is 5.96. The fourth-order valence-corrected chi connectivity index (χ4v) is 2.29. The molecule has 2 aromatic heterocycles. The predicted molar refractivity (Wildman–Crippen MR) is 63.2 cm³/mol. The van der Waals surface area contributed by atoms with Crippen molar-refractivity contribution in [3.05, 3.63) is 30.7 Å². The Balaban J connectivity index is 2.05. The van der Waals surface area contributed by atoms with Crippen LogP contribution in [-0.4, -0.2) is 20.2 Å². The van der Waals surface area contributed by atoms with Crippen LogP contribution < -0.4 is 5.73 Å². The summed E-state index contributed by atoms with van der Waals surface area (Å²) in [5.74, 6) is 0. The summed E-state index contributed by atoms with van der Waals surface area (Å²) in [7, 11) is 0. The number of aromatic amines is 2. The lowest BCUT2D eigenvalue weighted by Gasteiger charge is -2.03. The second kappa shape index (κ2) is 3.57. The second-order valence-corrected chi connectivity index (χ2v) is 4.37. The molecular formula is C10H9N5S. The van der Waals surface area contributed by atoms with Gasteiger partial charge >= 0.3 is 0 Å². The van der Waals surface area contributed by atoms with Gasteiger partial charge in [0.25, 0.3) is 0 Å². The van der Waals surface area contributed by atoms with E-state index in [9.17, 15) is 0 Å². The van der Waals surface area contributed by atoms with E-state index < -0.39 is 0 Å². The molecule has 6 heteroatoms. The zero-order valence-electron chi connectivity index (χ0n) is 8.27. The maximum absolute atomic E-state index is 5.96. The first kappa shape index (κ1) is 9.29. The Hall–Kier alpha value is -1.95. The van der Waals surface area contributed by atoms with E-state index in [0.717, 1.165) is 26.6 Å². The summed E-state index contributed by atoms with van der Waals surface area (Å²) in [6, 6.07) is 3.88. The molecule has 0 radical (unpaired) electrons. The summed E-state index contributed by atoms with van der Waals surface area (Å²) in [6.45, 7) is 0. The van der Waals surface area contributed by atoms with E-state index in [1.165, 1.54) is 11.8 Å². The van der Waals surface area contributed by atoms with Gasteiger partial charge < -0.3 is 10.7 Å². The fraction of sp³-hybridized carbons (Fsp3) is 0. The number of hydrogen-bond acceptors (Lipinski definition) is 4. The minimum Gasteiger partial charge on any atom is -0.398 e. The number of aromatic nitrogens is 4. The fourth-order valence-electron chi connectivity index (χ4n) is 1.49. The summed E-state index contributed by atoms with van der Waals surface area (Å²) in [6.07, 6.45) is 5.26. The third kappa shape index (κ3) is 1.53. The quantitative estimate of drug-likeness (QED) is 0.589. The lowest BCUT2D eigenvalue weighted by atomic mass is 10.2. The van der Waals surface area contributed by atoms with Crippen LogP contribution in [0.5, 0.6) is 0 Å². The summed E-state index contributed by atoms with van der Waals surface area (Å²) >= 11 is 1.50. The van der Waals surface area contributed by atoms with Crippen molar-refractivity contribution >= 4 is 28.4 Å². The van der Waals surface area contributed by atoms with Gasteiger partial charge in [0, 0.05) is 28.4 Å². The molecule has 0 atom stereocenters. The van der Waals surface area contributed by atoms with Crippen molar-refractivity contribution in [2.24, 2.45) is 0 Å². The Labute approximate surface area is 95.5 Å². The first-order valence-electron chi connectivity index (χ1n) is 4.73. The molecule has 1 aromatic carbocycles. The van der Waals surface area contributed by atoms with Gasteiger partial charge in [-0.3, -0.25) is 5.10 Å². The molecule has 3 rings (SSSR count). The molecule has 0 aliphatic carbocycles. The highest BCUT2D eigenvalue weighted by molar-refractivity contribution is 7.99. The normalized spacial score (nSPS) is 11.0. The van der Waals surface area contributed by atoms with E-state index in [4.69, 9.17) is 5.73 Å². The number of benzene rings is 1. The van der Waals surface area contributed by atoms with Crippen molar-refractivity contribution in [3.8, 4) is 0 Å². The number of hydrogen-bond donors (Lipinski definition) is 3. The van der Waals surface area contributed by atoms with Gasteiger partial charge in [-0.25, -0.2) is 4.98 Å². The number of nitrogens with zero attached hydrogens (tertiary/aromatic N) is 2. The molecule has 3 aromatic rings. The molecule has 16 heavy (non-hydrogen) atoms. The smallest absolute Gasteiger partial charge is 0.170 e. The molecule has 0 amide bonds. The predicted octanol–water partition coefficient (Wildman–Crippen LogP) is 2.02. The Bertz CT molecular complexity index is 613. The zero-order chi connectivity index (χ0) is 11.0. The molecule has 0 fully saturated rings. The highest BCUT2D eigenvalue weighted by Gasteiger charge is 2.06. The molecule has 0 saturated carbocycles. The lowest BCUT2D eigenvalue weighted by Crippen LogP contribution is -1.88. The van der Waals surface area contributed by atoms with Crippen LogP contribution in [-0.2, 0) is 0 Å². The van der Waals surface area contributed by atoms with Crippen molar-refractivity contribution in [2.45, 2.75) is 10.1 Å². The van der Waals surface area contributed by atoms with Crippen molar-refractivity contribution in [2.75, 3.05) is 5.73 Å². The Morgan fingerprint density at radius 2 is 2.25 bits per heavy atom. The Kier molecular flexibility index (Phi) is 2.07. The van der Waals surface area contributed by atoms with Gasteiger partial charge in [-0.2, -0.15) is 5.10 Å². The van der Waals surface area contributed by atoms with Crippen molar-refractivity contribution in [1.29, 1.82) is 0 Å². The number of nitrogens with two attached hydrogens (primary N) is 1.